The van der Waals surface area contributed by atoms with Crippen LogP contribution in [0.15, 0.2) is 55.4 Å². The molecule has 0 bridgehead atoms. The van der Waals surface area contributed by atoms with Gasteiger partial charge >= 0.3 is 36.4 Å². The molecule has 278 valence electrons. The van der Waals surface area contributed by atoms with E-state index in [2.05, 4.69) is 35.5 Å². The van der Waals surface area contributed by atoms with Gasteiger partial charge in [0.2, 0.25) is 5.88 Å². The number of hydrogen-bond acceptors (Lipinski definition) is 10. The van der Waals surface area contributed by atoms with Crippen molar-refractivity contribution in [3.63, 3.8) is 0 Å². The van der Waals surface area contributed by atoms with Gasteiger partial charge in [-0.25, -0.2) is 34.3 Å². The number of alkyl halides is 9. The van der Waals surface area contributed by atoms with Crippen LogP contribution in [0.2, 0.25) is 0 Å². The van der Waals surface area contributed by atoms with Crippen LogP contribution in [0.4, 0.5) is 39.5 Å². The summed E-state index contributed by atoms with van der Waals surface area (Å²) in [6, 6.07) is 8.30. The van der Waals surface area contributed by atoms with Crippen LogP contribution in [0.3, 0.4) is 0 Å². The van der Waals surface area contributed by atoms with E-state index < -0.39 is 36.4 Å². The first-order valence-corrected chi connectivity index (χ1v) is 13.9. The number of piperidine rings is 1. The summed E-state index contributed by atoms with van der Waals surface area (Å²) in [6.45, 7) is 2.84. The zero-order valence-electron chi connectivity index (χ0n) is 25.8. The van der Waals surface area contributed by atoms with E-state index >= 15 is 0 Å². The molecule has 0 amide bonds. The van der Waals surface area contributed by atoms with Crippen LogP contribution in [0.1, 0.15) is 24.4 Å². The van der Waals surface area contributed by atoms with E-state index in [1.165, 1.54) is 0 Å². The Bertz CT molecular complexity index is 1690. The molecule has 0 aromatic carbocycles. The number of ether oxygens (including phenoxy) is 1. The van der Waals surface area contributed by atoms with Gasteiger partial charge in [-0.05, 0) is 31.0 Å². The lowest BCUT2D eigenvalue weighted by Crippen LogP contribution is -2.34. The maximum atomic E-state index is 10.6. The van der Waals surface area contributed by atoms with Crippen LogP contribution in [-0.4, -0.2) is 106 Å². The highest BCUT2D eigenvalue weighted by Gasteiger charge is 2.39. The highest BCUT2D eigenvalue weighted by atomic mass is 19.4. The van der Waals surface area contributed by atoms with Crippen molar-refractivity contribution in [2.24, 2.45) is 0 Å². The Labute approximate surface area is 280 Å². The van der Waals surface area contributed by atoms with Crippen LogP contribution >= 0.6 is 0 Å². The second kappa shape index (κ2) is 17.9. The van der Waals surface area contributed by atoms with Crippen molar-refractivity contribution in [1.29, 1.82) is 0 Å². The third-order valence-electron chi connectivity index (χ3n) is 6.36. The highest BCUT2D eigenvalue weighted by Crippen LogP contribution is 2.28. The Hall–Kier alpha value is -5.61. The van der Waals surface area contributed by atoms with Gasteiger partial charge < -0.3 is 24.6 Å². The van der Waals surface area contributed by atoms with E-state index in [0.29, 0.717) is 17.6 Å². The van der Waals surface area contributed by atoms with E-state index in [0.717, 1.165) is 54.9 Å². The van der Waals surface area contributed by atoms with E-state index in [1.807, 2.05) is 30.7 Å². The lowest BCUT2D eigenvalue weighted by Gasteiger charge is -2.32. The maximum Gasteiger partial charge on any atom is 0.490 e. The topological polar surface area (TPSA) is 194 Å². The number of imidazole rings is 1. The quantitative estimate of drug-likeness (QED) is 0.231. The summed E-state index contributed by atoms with van der Waals surface area (Å²) in [5, 5.41) is 21.4. The van der Waals surface area contributed by atoms with Crippen LogP contribution in [0.25, 0.3) is 22.6 Å². The smallest absolute Gasteiger partial charge is 0.481 e. The summed E-state index contributed by atoms with van der Waals surface area (Å²) >= 11 is 0. The Balaban J connectivity index is 0.000000352. The van der Waals surface area contributed by atoms with Crippen molar-refractivity contribution in [2.45, 2.75) is 44.0 Å². The molecule has 51 heavy (non-hydrogen) atoms. The number of aromatic nitrogens is 6. The predicted molar refractivity (Wildman–Crippen MR) is 154 cm³/mol. The SMILES string of the molecule is COc1ncccc1CN1CCC(n2cnc3ncc(-c4cccnc4)nc32)CC1.O=C(O)C(F)(F)F.O=C(O)C(F)(F)F.O=C(O)C(F)(F)F. The van der Waals surface area contributed by atoms with Crippen LogP contribution in [0, 0.1) is 0 Å². The lowest BCUT2D eigenvalue weighted by molar-refractivity contribution is -0.193. The van der Waals surface area contributed by atoms with Crippen LogP contribution in [-0.2, 0) is 20.9 Å². The Kier molecular flexibility index (Phi) is 14.6. The molecule has 14 nitrogen and oxygen atoms in total. The molecule has 4 aromatic rings. The van der Waals surface area contributed by atoms with Crippen LogP contribution in [0.5, 0.6) is 5.88 Å². The second-order valence-corrected chi connectivity index (χ2v) is 9.88. The van der Waals surface area contributed by atoms with E-state index in [1.54, 1.807) is 25.7 Å². The molecular formula is C28H26F9N7O7. The summed E-state index contributed by atoms with van der Waals surface area (Å²) in [5.41, 5.74) is 4.42. The minimum Gasteiger partial charge on any atom is -0.481 e. The number of pyridine rings is 2. The van der Waals surface area contributed by atoms with E-state index in [-0.39, 0.29) is 0 Å². The third kappa shape index (κ3) is 13.3. The Morgan fingerprint density at radius 2 is 1.33 bits per heavy atom. The van der Waals surface area contributed by atoms with Gasteiger partial charge in [0.05, 0.1) is 25.3 Å². The molecule has 0 unspecified atom stereocenters. The molecule has 5 rings (SSSR count). The second-order valence-electron chi connectivity index (χ2n) is 9.88. The molecular weight excluding hydrogens is 717 g/mol. The van der Waals surface area contributed by atoms with Crippen molar-refractivity contribution in [1.82, 2.24) is 34.4 Å². The lowest BCUT2D eigenvalue weighted by atomic mass is 10.0. The monoisotopic (exact) mass is 743 g/mol. The first kappa shape index (κ1) is 41.6. The minimum atomic E-state index is -5.08. The number of carboxylic acids is 3. The first-order chi connectivity index (χ1) is 23.6. The average molecular weight is 744 g/mol. The van der Waals surface area contributed by atoms with Gasteiger partial charge in [0, 0.05) is 55.4 Å². The average Bonchev–Trinajstić information content (AvgIpc) is 3.49. The molecule has 0 atom stereocenters. The van der Waals surface area contributed by atoms with Gasteiger partial charge in [-0.1, -0.05) is 6.07 Å². The Morgan fingerprint density at radius 3 is 1.80 bits per heavy atom. The minimum absolute atomic E-state index is 0.362. The highest BCUT2D eigenvalue weighted by molar-refractivity contribution is 5.74. The number of fused-ring (bicyclic) bond motifs is 1. The predicted octanol–water partition coefficient (Wildman–Crippen LogP) is 5.03. The molecule has 1 fully saturated rings. The van der Waals surface area contributed by atoms with Gasteiger partial charge in [-0.2, -0.15) is 39.5 Å². The number of nitrogens with zero attached hydrogens (tertiary/aromatic N) is 7. The van der Waals surface area contributed by atoms with Gasteiger partial charge in [0.1, 0.15) is 0 Å². The van der Waals surface area contributed by atoms with Crippen molar-refractivity contribution in [3.05, 3.63) is 60.9 Å². The van der Waals surface area contributed by atoms with Gasteiger partial charge in [0.25, 0.3) is 0 Å². The molecule has 3 N–H and O–H groups in total. The summed E-state index contributed by atoms with van der Waals surface area (Å²) in [7, 11) is 1.67. The molecule has 4 aromatic heterocycles. The number of carboxylic acid groups (broad SMARTS) is 3. The van der Waals surface area contributed by atoms with E-state index in [4.69, 9.17) is 39.4 Å². The molecule has 5 heterocycles. The molecule has 1 aliphatic rings. The number of aliphatic carboxylic acids is 3. The maximum absolute atomic E-state index is 10.6. The fourth-order valence-corrected chi connectivity index (χ4v) is 4.05. The zero-order valence-corrected chi connectivity index (χ0v) is 25.8. The molecule has 1 aliphatic heterocycles. The standard InChI is InChI=1S/C22H23N7O.3C2HF3O2/c1-30-22-17(5-3-9-24-22)14-28-10-6-18(7-11-28)29-15-26-20-21(29)27-19(13-25-20)16-4-2-8-23-12-16;3*3-2(4,5)1(6)7/h2-5,8-9,12-13,15,18H,6-7,10-11,14H2,1H3;3*(H,6,7). The molecule has 0 saturated carbocycles. The number of rotatable bonds is 5. The molecule has 0 spiro atoms. The van der Waals surface area contributed by atoms with Crippen molar-refractivity contribution < 1.29 is 74.0 Å². The van der Waals surface area contributed by atoms with Crippen LogP contribution < -0.4 is 4.74 Å². The molecule has 0 radical (unpaired) electrons. The van der Waals surface area contributed by atoms with Crippen molar-refractivity contribution in [3.8, 4) is 17.1 Å². The molecule has 1 saturated heterocycles. The first-order valence-electron chi connectivity index (χ1n) is 13.9. The summed E-state index contributed by atoms with van der Waals surface area (Å²) in [4.78, 5) is 51.5. The number of carbonyl (C=O) groups is 3. The number of likely N-dealkylation sites (tertiary alicyclic amines) is 1. The summed E-state index contributed by atoms with van der Waals surface area (Å²) in [5.74, 6) is -7.56. The van der Waals surface area contributed by atoms with Gasteiger partial charge in [0.15, 0.2) is 11.3 Å². The number of methoxy groups -OCH3 is 1. The number of hydrogen-bond donors (Lipinski definition) is 3. The third-order valence-corrected chi connectivity index (χ3v) is 6.36. The summed E-state index contributed by atoms with van der Waals surface area (Å²) < 4.78 is 103. The fraction of sp³-hybridized carbons (Fsp3) is 0.357. The normalized spacial score (nSPS) is 13.8. The summed E-state index contributed by atoms with van der Waals surface area (Å²) in [6.07, 6.45) is -4.21. The molecule has 23 heteroatoms. The zero-order chi connectivity index (χ0) is 38.6. The van der Waals surface area contributed by atoms with Crippen molar-refractivity contribution >= 4 is 29.2 Å². The van der Waals surface area contributed by atoms with Crippen molar-refractivity contribution in [2.75, 3.05) is 20.2 Å². The Morgan fingerprint density at radius 1 is 0.804 bits per heavy atom. The number of halogens is 9. The van der Waals surface area contributed by atoms with Gasteiger partial charge in [-0.15, -0.1) is 0 Å². The molecule has 0 aliphatic carbocycles. The van der Waals surface area contributed by atoms with Gasteiger partial charge in [-0.3, -0.25) is 9.88 Å². The fourth-order valence-electron chi connectivity index (χ4n) is 4.05. The largest absolute Gasteiger partial charge is 0.490 e. The van der Waals surface area contributed by atoms with E-state index in [9.17, 15) is 39.5 Å².